The summed E-state index contributed by atoms with van der Waals surface area (Å²) >= 11 is 0. The summed E-state index contributed by atoms with van der Waals surface area (Å²) in [6.07, 6.45) is 2.63. The fourth-order valence-electron chi connectivity index (χ4n) is 3.76. The molecule has 0 radical (unpaired) electrons. The Bertz CT molecular complexity index is 938. The smallest absolute Gasteiger partial charge is 0.137 e. The zero-order chi connectivity index (χ0) is 16.1. The molecule has 5 heteroatoms. The van der Waals surface area contributed by atoms with Gasteiger partial charge >= 0.3 is 0 Å². The molecule has 0 bridgehead atoms. The molecule has 24 heavy (non-hydrogen) atoms. The van der Waals surface area contributed by atoms with Crippen molar-refractivity contribution >= 4 is 11.9 Å². The number of hydrogen-bond acceptors (Lipinski definition) is 5. The third kappa shape index (κ3) is 2.17. The van der Waals surface area contributed by atoms with Crippen LogP contribution >= 0.6 is 0 Å². The second-order valence-electron chi connectivity index (χ2n) is 6.62. The van der Waals surface area contributed by atoms with Crippen molar-refractivity contribution in [1.29, 1.82) is 0 Å². The number of hydrazine groups is 1. The monoisotopic (exact) mass is 321 g/mol. The number of aliphatic hydroxyl groups excluding tert-OH is 1. The average molecular weight is 321 g/mol. The zero-order valence-corrected chi connectivity index (χ0v) is 13.2. The Hall–Kier alpha value is -2.50. The van der Waals surface area contributed by atoms with E-state index in [4.69, 9.17) is 4.74 Å². The highest BCUT2D eigenvalue weighted by atomic mass is 16.5. The number of β-amino-alcohol motifs (C(OH)–C–C–N with tert-alkyl or cyclic N) is 1. The summed E-state index contributed by atoms with van der Waals surface area (Å²) in [5, 5.41) is 11.9. The first-order chi connectivity index (χ1) is 11.8. The number of ether oxygens (including phenoxy) is 1. The van der Waals surface area contributed by atoms with Crippen molar-refractivity contribution < 1.29 is 9.84 Å². The summed E-state index contributed by atoms with van der Waals surface area (Å²) in [5.41, 5.74) is 9.78. The molecule has 1 saturated heterocycles. The fraction of sp³-hybridized carbons (Fsp3) is 0.263. The minimum atomic E-state index is -0.186. The summed E-state index contributed by atoms with van der Waals surface area (Å²) in [5.74, 6) is 1.76. The summed E-state index contributed by atoms with van der Waals surface area (Å²) < 4.78 is 6.10. The molecule has 2 aromatic rings. The maximum Gasteiger partial charge on any atom is 0.137 e. The van der Waals surface area contributed by atoms with E-state index in [1.807, 2.05) is 24.4 Å². The van der Waals surface area contributed by atoms with Crippen LogP contribution in [0, 0.1) is 0 Å². The van der Waals surface area contributed by atoms with Crippen molar-refractivity contribution in [2.45, 2.75) is 19.1 Å². The van der Waals surface area contributed by atoms with Crippen LogP contribution in [0.4, 0.5) is 0 Å². The first kappa shape index (κ1) is 13.9. The third-order valence-electron chi connectivity index (χ3n) is 4.92. The van der Waals surface area contributed by atoms with E-state index < -0.39 is 0 Å². The van der Waals surface area contributed by atoms with Crippen molar-refractivity contribution in [1.82, 2.24) is 15.8 Å². The van der Waals surface area contributed by atoms with Crippen molar-refractivity contribution in [3.63, 3.8) is 0 Å². The van der Waals surface area contributed by atoms with E-state index in [-0.39, 0.29) is 6.10 Å². The number of rotatable bonds is 2. The molecule has 5 nitrogen and oxygen atoms in total. The summed E-state index contributed by atoms with van der Waals surface area (Å²) in [6.45, 7) is 2.56. The standard InChI is InChI=1S/C19H19N3O2/c23-14-6-7-22(11-14)10-12-4-5-16-15(8-12)19-18-13(9-20-21-19)2-1-3-17(18)24-16/h1-5,8-9,14,20-21,23H,6-7,10-11H2. The van der Waals surface area contributed by atoms with Crippen LogP contribution in [0.2, 0.25) is 0 Å². The summed E-state index contributed by atoms with van der Waals surface area (Å²) in [6, 6.07) is 12.4. The molecule has 3 heterocycles. The Morgan fingerprint density at radius 1 is 1.21 bits per heavy atom. The van der Waals surface area contributed by atoms with Gasteiger partial charge in [0.25, 0.3) is 0 Å². The van der Waals surface area contributed by atoms with Crippen molar-refractivity contribution in [2.24, 2.45) is 0 Å². The van der Waals surface area contributed by atoms with Gasteiger partial charge < -0.3 is 15.3 Å². The Morgan fingerprint density at radius 3 is 3.04 bits per heavy atom. The van der Waals surface area contributed by atoms with E-state index in [1.54, 1.807) is 0 Å². The normalized spacial score (nSPS) is 21.0. The molecule has 0 aliphatic carbocycles. The first-order valence-electron chi connectivity index (χ1n) is 8.34. The number of hydrogen-bond donors (Lipinski definition) is 3. The quantitative estimate of drug-likeness (QED) is 0.746. The molecular formula is C19H19N3O2. The number of likely N-dealkylation sites (tertiary alicyclic amines) is 1. The number of nitrogens with one attached hydrogen (secondary N) is 2. The molecule has 0 saturated carbocycles. The van der Waals surface area contributed by atoms with Gasteiger partial charge in [-0.1, -0.05) is 18.2 Å². The maximum atomic E-state index is 9.71. The number of nitrogens with zero attached hydrogens (tertiary/aromatic N) is 1. The van der Waals surface area contributed by atoms with Crippen LogP contribution in [0.3, 0.4) is 0 Å². The first-order valence-corrected chi connectivity index (χ1v) is 8.34. The minimum absolute atomic E-state index is 0.186. The molecule has 1 atom stereocenters. The Labute approximate surface area is 139 Å². The van der Waals surface area contributed by atoms with E-state index in [1.165, 1.54) is 5.56 Å². The fourth-order valence-corrected chi connectivity index (χ4v) is 3.76. The van der Waals surface area contributed by atoms with E-state index in [0.717, 1.165) is 59.3 Å². The molecule has 0 aromatic heterocycles. The van der Waals surface area contributed by atoms with Crippen LogP contribution in [0.5, 0.6) is 11.5 Å². The maximum absolute atomic E-state index is 9.71. The van der Waals surface area contributed by atoms with Gasteiger partial charge in [0.05, 0.1) is 17.0 Å². The lowest BCUT2D eigenvalue weighted by Gasteiger charge is -2.25. The lowest BCUT2D eigenvalue weighted by Crippen LogP contribution is -2.45. The van der Waals surface area contributed by atoms with Crippen LogP contribution in [0.25, 0.3) is 11.9 Å². The van der Waals surface area contributed by atoms with Crippen LogP contribution < -0.4 is 26.0 Å². The van der Waals surface area contributed by atoms with Crippen molar-refractivity contribution in [3.05, 3.63) is 58.0 Å². The highest BCUT2D eigenvalue weighted by molar-refractivity contribution is 5.74. The summed E-state index contributed by atoms with van der Waals surface area (Å²) in [4.78, 5) is 2.29. The number of fused-ring (bicyclic) bond motifs is 2. The molecular weight excluding hydrogens is 302 g/mol. The number of benzene rings is 2. The minimum Gasteiger partial charge on any atom is -0.456 e. The molecule has 122 valence electrons. The van der Waals surface area contributed by atoms with Gasteiger partial charge in [-0.2, -0.15) is 0 Å². The molecule has 1 unspecified atom stereocenters. The van der Waals surface area contributed by atoms with E-state index in [9.17, 15) is 5.11 Å². The molecule has 1 fully saturated rings. The van der Waals surface area contributed by atoms with Crippen molar-refractivity contribution in [3.8, 4) is 11.5 Å². The number of aliphatic hydroxyl groups is 1. The van der Waals surface area contributed by atoms with E-state index in [0.29, 0.717) is 0 Å². The molecule has 0 spiro atoms. The summed E-state index contributed by atoms with van der Waals surface area (Å²) in [7, 11) is 0. The largest absolute Gasteiger partial charge is 0.456 e. The van der Waals surface area contributed by atoms with Crippen LogP contribution in [-0.2, 0) is 6.54 Å². The lowest BCUT2D eigenvalue weighted by atomic mass is 10.0. The predicted octanol–water partition coefficient (Wildman–Crippen LogP) is 0.361. The topological polar surface area (TPSA) is 56.8 Å². The molecule has 3 N–H and O–H groups in total. The van der Waals surface area contributed by atoms with Gasteiger partial charge in [-0.3, -0.25) is 10.3 Å². The van der Waals surface area contributed by atoms with Gasteiger partial charge in [-0.15, -0.1) is 0 Å². The highest BCUT2D eigenvalue weighted by Gasteiger charge is 2.23. The molecule has 3 aliphatic rings. The Balaban J connectivity index is 1.59. The second kappa shape index (κ2) is 5.26. The van der Waals surface area contributed by atoms with E-state index >= 15 is 0 Å². The van der Waals surface area contributed by atoms with Crippen LogP contribution in [0.15, 0.2) is 36.4 Å². The third-order valence-corrected chi connectivity index (χ3v) is 4.92. The lowest BCUT2D eigenvalue weighted by molar-refractivity contribution is 0.175. The highest BCUT2D eigenvalue weighted by Crippen LogP contribution is 2.32. The predicted molar refractivity (Wildman–Crippen MR) is 91.4 cm³/mol. The van der Waals surface area contributed by atoms with Gasteiger partial charge in [0, 0.05) is 36.6 Å². The Kier molecular flexibility index (Phi) is 3.04. The molecule has 3 aliphatic heterocycles. The average Bonchev–Trinajstić information content (AvgIpc) is 3.01. The molecule has 5 rings (SSSR count). The van der Waals surface area contributed by atoms with Gasteiger partial charge in [-0.05, 0) is 30.2 Å². The molecule has 2 aromatic carbocycles. The van der Waals surface area contributed by atoms with Gasteiger partial charge in [-0.25, -0.2) is 0 Å². The van der Waals surface area contributed by atoms with Crippen molar-refractivity contribution in [2.75, 3.05) is 13.1 Å². The zero-order valence-electron chi connectivity index (χ0n) is 13.2. The van der Waals surface area contributed by atoms with E-state index in [2.05, 4.69) is 34.0 Å². The molecule has 0 amide bonds. The second-order valence-corrected chi connectivity index (χ2v) is 6.62. The van der Waals surface area contributed by atoms with Crippen LogP contribution in [-0.4, -0.2) is 29.2 Å². The van der Waals surface area contributed by atoms with Gasteiger partial charge in [0.2, 0.25) is 0 Å². The van der Waals surface area contributed by atoms with Crippen LogP contribution in [0.1, 0.15) is 17.5 Å². The SMILES string of the molecule is OC1CCN(Cc2ccc3c(c2)C2=c4c(cccc4=CNN2)O3)C1. The van der Waals surface area contributed by atoms with Gasteiger partial charge in [0.1, 0.15) is 11.5 Å². The Morgan fingerprint density at radius 2 is 2.17 bits per heavy atom. The van der Waals surface area contributed by atoms with Gasteiger partial charge in [0.15, 0.2) is 0 Å².